The van der Waals surface area contributed by atoms with E-state index >= 15 is 0 Å². The van der Waals surface area contributed by atoms with Gasteiger partial charge in [-0.05, 0) is 43.2 Å². The average molecular weight is 299 g/mol. The molecule has 108 valence electrons. The highest BCUT2D eigenvalue weighted by Crippen LogP contribution is 2.28. The first-order valence-corrected chi connectivity index (χ1v) is 6.96. The van der Waals surface area contributed by atoms with Crippen LogP contribution in [-0.2, 0) is 0 Å². The van der Waals surface area contributed by atoms with Crippen molar-refractivity contribution in [1.29, 1.82) is 0 Å². The van der Waals surface area contributed by atoms with Gasteiger partial charge in [0.05, 0.1) is 5.69 Å². The molecule has 2 aromatic carbocycles. The molecule has 1 aliphatic heterocycles. The van der Waals surface area contributed by atoms with E-state index in [-0.39, 0.29) is 12.4 Å². The lowest BCUT2D eigenvalue weighted by molar-refractivity contribution is 0.965. The van der Waals surface area contributed by atoms with Crippen LogP contribution in [-0.4, -0.2) is 12.8 Å². The van der Waals surface area contributed by atoms with Crippen LogP contribution in [0.2, 0.25) is 0 Å². The zero-order chi connectivity index (χ0) is 13.8. The molecule has 0 saturated carbocycles. The van der Waals surface area contributed by atoms with Crippen molar-refractivity contribution in [3.05, 3.63) is 71.9 Å². The van der Waals surface area contributed by atoms with Crippen molar-refractivity contribution in [2.75, 3.05) is 11.4 Å². The molecule has 3 rings (SSSR count). The molecule has 2 nitrogen and oxygen atoms in total. The third-order valence-electron chi connectivity index (χ3n) is 3.67. The standard InChI is InChI=1S/C18H18N2.ClH/c1-15-16(14-19-17-8-4-2-5-9-17)12-13-20(15)18-10-6-3-7-11-18;/h2-11,14H,12-13H2,1H3;1H. The maximum absolute atomic E-state index is 4.56. The molecule has 0 saturated heterocycles. The van der Waals surface area contributed by atoms with Crippen molar-refractivity contribution in [3.63, 3.8) is 0 Å². The predicted molar refractivity (Wildman–Crippen MR) is 92.9 cm³/mol. The van der Waals surface area contributed by atoms with E-state index in [1.165, 1.54) is 17.0 Å². The molecular weight excluding hydrogens is 280 g/mol. The Labute approximate surface area is 132 Å². The first-order chi connectivity index (χ1) is 9.84. The molecular formula is C18H19ClN2. The van der Waals surface area contributed by atoms with Gasteiger partial charge in [0, 0.05) is 24.1 Å². The molecule has 0 amide bonds. The van der Waals surface area contributed by atoms with Gasteiger partial charge in [-0.2, -0.15) is 0 Å². The zero-order valence-corrected chi connectivity index (χ0v) is 12.9. The monoisotopic (exact) mass is 298 g/mol. The van der Waals surface area contributed by atoms with Crippen LogP contribution in [0.25, 0.3) is 0 Å². The number of benzene rings is 2. The van der Waals surface area contributed by atoms with Crippen LogP contribution >= 0.6 is 12.4 Å². The molecule has 0 bridgehead atoms. The molecule has 0 atom stereocenters. The van der Waals surface area contributed by atoms with Crippen LogP contribution in [0.5, 0.6) is 0 Å². The second-order valence-corrected chi connectivity index (χ2v) is 4.94. The highest BCUT2D eigenvalue weighted by Gasteiger charge is 2.18. The lowest BCUT2D eigenvalue weighted by atomic mass is 10.2. The Morgan fingerprint density at radius 3 is 2.24 bits per heavy atom. The predicted octanol–water partition coefficient (Wildman–Crippen LogP) is 5.00. The number of nitrogens with zero attached hydrogens (tertiary/aromatic N) is 2. The fraction of sp³-hybridized carbons (Fsp3) is 0.167. The third-order valence-corrected chi connectivity index (χ3v) is 3.67. The van der Waals surface area contributed by atoms with Gasteiger partial charge in [-0.15, -0.1) is 12.4 Å². The minimum atomic E-state index is 0. The van der Waals surface area contributed by atoms with E-state index < -0.39 is 0 Å². The molecule has 0 spiro atoms. The minimum Gasteiger partial charge on any atom is -0.345 e. The van der Waals surface area contributed by atoms with Crippen molar-refractivity contribution < 1.29 is 0 Å². The Kier molecular flexibility index (Phi) is 5.18. The topological polar surface area (TPSA) is 15.6 Å². The van der Waals surface area contributed by atoms with Gasteiger partial charge in [0.15, 0.2) is 0 Å². The number of anilines is 1. The van der Waals surface area contributed by atoms with E-state index in [1.54, 1.807) is 0 Å². The van der Waals surface area contributed by atoms with E-state index in [0.717, 1.165) is 18.7 Å². The molecule has 0 fully saturated rings. The highest BCUT2D eigenvalue weighted by atomic mass is 35.5. The summed E-state index contributed by atoms with van der Waals surface area (Å²) >= 11 is 0. The molecule has 0 radical (unpaired) electrons. The van der Waals surface area contributed by atoms with Crippen LogP contribution in [0.15, 0.2) is 76.9 Å². The van der Waals surface area contributed by atoms with Crippen molar-refractivity contribution >= 4 is 30.0 Å². The molecule has 21 heavy (non-hydrogen) atoms. The number of rotatable bonds is 3. The Balaban J connectivity index is 0.00000161. The quantitative estimate of drug-likeness (QED) is 0.728. The Morgan fingerprint density at radius 2 is 1.57 bits per heavy atom. The summed E-state index contributed by atoms with van der Waals surface area (Å²) in [5, 5.41) is 0. The van der Waals surface area contributed by atoms with Gasteiger partial charge in [0.25, 0.3) is 0 Å². The summed E-state index contributed by atoms with van der Waals surface area (Å²) in [7, 11) is 0. The number of aliphatic imine (C=N–C) groups is 1. The maximum Gasteiger partial charge on any atom is 0.0629 e. The van der Waals surface area contributed by atoms with E-state index in [4.69, 9.17) is 0 Å². The lowest BCUT2D eigenvalue weighted by Gasteiger charge is -2.19. The summed E-state index contributed by atoms with van der Waals surface area (Å²) in [6, 6.07) is 20.6. The van der Waals surface area contributed by atoms with Crippen LogP contribution in [0.1, 0.15) is 13.3 Å². The Bertz CT molecular complexity index is 633. The average Bonchev–Trinajstić information content (AvgIpc) is 2.88. The van der Waals surface area contributed by atoms with Crippen LogP contribution in [0.4, 0.5) is 11.4 Å². The number of hydrogen-bond acceptors (Lipinski definition) is 2. The van der Waals surface area contributed by atoms with Gasteiger partial charge in [-0.3, -0.25) is 4.99 Å². The molecule has 0 N–H and O–H groups in total. The highest BCUT2D eigenvalue weighted by molar-refractivity contribution is 5.85. The zero-order valence-electron chi connectivity index (χ0n) is 12.1. The van der Waals surface area contributed by atoms with Crippen LogP contribution in [0, 0.1) is 0 Å². The van der Waals surface area contributed by atoms with Gasteiger partial charge in [0.2, 0.25) is 0 Å². The molecule has 0 aliphatic carbocycles. The second kappa shape index (κ2) is 7.09. The van der Waals surface area contributed by atoms with E-state index in [2.05, 4.69) is 47.1 Å². The van der Waals surface area contributed by atoms with Gasteiger partial charge in [0.1, 0.15) is 0 Å². The summed E-state index contributed by atoms with van der Waals surface area (Å²) in [6.07, 6.45) is 3.06. The number of para-hydroxylation sites is 2. The minimum absolute atomic E-state index is 0. The summed E-state index contributed by atoms with van der Waals surface area (Å²) < 4.78 is 0. The largest absolute Gasteiger partial charge is 0.345 e. The second-order valence-electron chi connectivity index (χ2n) is 4.94. The summed E-state index contributed by atoms with van der Waals surface area (Å²) in [5.74, 6) is 0. The van der Waals surface area contributed by atoms with Crippen LogP contribution < -0.4 is 4.90 Å². The summed E-state index contributed by atoms with van der Waals surface area (Å²) in [4.78, 5) is 6.91. The molecule has 0 aromatic heterocycles. The van der Waals surface area contributed by atoms with Crippen molar-refractivity contribution in [2.45, 2.75) is 13.3 Å². The molecule has 3 heteroatoms. The summed E-state index contributed by atoms with van der Waals surface area (Å²) in [5.41, 5.74) is 4.88. The third kappa shape index (κ3) is 3.53. The Morgan fingerprint density at radius 1 is 0.952 bits per heavy atom. The summed E-state index contributed by atoms with van der Waals surface area (Å²) in [6.45, 7) is 3.21. The normalized spacial score (nSPS) is 14.6. The van der Waals surface area contributed by atoms with Crippen molar-refractivity contribution in [3.8, 4) is 0 Å². The van der Waals surface area contributed by atoms with Gasteiger partial charge in [-0.25, -0.2) is 0 Å². The molecule has 2 aromatic rings. The fourth-order valence-corrected chi connectivity index (χ4v) is 2.51. The Hall–Kier alpha value is -2.06. The first-order valence-electron chi connectivity index (χ1n) is 6.96. The molecule has 0 unspecified atom stereocenters. The van der Waals surface area contributed by atoms with E-state index in [0.29, 0.717) is 0 Å². The van der Waals surface area contributed by atoms with Crippen LogP contribution in [0.3, 0.4) is 0 Å². The fourth-order valence-electron chi connectivity index (χ4n) is 2.51. The van der Waals surface area contributed by atoms with E-state index in [9.17, 15) is 0 Å². The number of hydrogen-bond donors (Lipinski definition) is 0. The van der Waals surface area contributed by atoms with Crippen molar-refractivity contribution in [2.24, 2.45) is 4.99 Å². The van der Waals surface area contributed by atoms with Gasteiger partial charge < -0.3 is 4.90 Å². The number of halogens is 1. The smallest absolute Gasteiger partial charge is 0.0629 e. The molecule has 1 aliphatic rings. The molecule has 1 heterocycles. The number of allylic oxidation sites excluding steroid dienone is 1. The lowest BCUT2D eigenvalue weighted by Crippen LogP contribution is -2.16. The first kappa shape index (κ1) is 15.3. The van der Waals surface area contributed by atoms with Gasteiger partial charge in [-0.1, -0.05) is 36.4 Å². The maximum atomic E-state index is 4.56. The SMILES string of the molecule is CC1=C(C=Nc2ccccc2)CCN1c1ccccc1.Cl. The van der Waals surface area contributed by atoms with Gasteiger partial charge >= 0.3 is 0 Å². The van der Waals surface area contributed by atoms with E-state index in [1.807, 2.05) is 36.5 Å². The van der Waals surface area contributed by atoms with Crippen molar-refractivity contribution in [1.82, 2.24) is 0 Å².